The standard InChI is InChI=1S/C17H14Br2O5/c1-9(2)23-14-6-4-11(18)8-12(14)17(22)24-15-5-3-10(16(20)21)7-13(15)19/h3-9H,1-2H3,(H,20,21). The topological polar surface area (TPSA) is 72.8 Å². The fourth-order valence-corrected chi connectivity index (χ4v) is 2.71. The van der Waals surface area contributed by atoms with E-state index in [1.807, 2.05) is 13.8 Å². The van der Waals surface area contributed by atoms with E-state index in [-0.39, 0.29) is 23.0 Å². The number of carboxylic acids is 1. The first-order chi connectivity index (χ1) is 11.3. The molecule has 5 nitrogen and oxygen atoms in total. The Bertz CT molecular complexity index is 787. The van der Waals surface area contributed by atoms with Gasteiger partial charge in [0.05, 0.1) is 16.1 Å². The molecule has 0 radical (unpaired) electrons. The van der Waals surface area contributed by atoms with Gasteiger partial charge in [0.1, 0.15) is 17.1 Å². The van der Waals surface area contributed by atoms with Crippen molar-refractivity contribution < 1.29 is 24.2 Å². The number of aromatic carboxylic acids is 1. The highest BCUT2D eigenvalue weighted by Crippen LogP contribution is 2.29. The average molecular weight is 458 g/mol. The van der Waals surface area contributed by atoms with Crippen molar-refractivity contribution in [2.45, 2.75) is 20.0 Å². The minimum atomic E-state index is -1.06. The van der Waals surface area contributed by atoms with Crippen LogP contribution in [0.4, 0.5) is 0 Å². The summed E-state index contributed by atoms with van der Waals surface area (Å²) in [5, 5.41) is 8.96. The molecule has 0 heterocycles. The third kappa shape index (κ3) is 4.58. The van der Waals surface area contributed by atoms with Gasteiger partial charge >= 0.3 is 11.9 Å². The molecule has 0 aliphatic rings. The van der Waals surface area contributed by atoms with Crippen molar-refractivity contribution in [1.29, 1.82) is 0 Å². The predicted octanol–water partition coefficient (Wildman–Crippen LogP) is 4.92. The Morgan fingerprint density at radius 3 is 2.29 bits per heavy atom. The Morgan fingerprint density at radius 2 is 1.71 bits per heavy atom. The average Bonchev–Trinajstić information content (AvgIpc) is 2.50. The minimum absolute atomic E-state index is 0.0907. The summed E-state index contributed by atoms with van der Waals surface area (Å²) in [5.41, 5.74) is 0.361. The number of halogens is 2. The summed E-state index contributed by atoms with van der Waals surface area (Å²) in [6.45, 7) is 3.72. The van der Waals surface area contributed by atoms with Crippen LogP contribution in [0.5, 0.6) is 11.5 Å². The summed E-state index contributed by atoms with van der Waals surface area (Å²) in [7, 11) is 0. The Morgan fingerprint density at radius 1 is 1.04 bits per heavy atom. The lowest BCUT2D eigenvalue weighted by molar-refractivity contribution is 0.0696. The van der Waals surface area contributed by atoms with Crippen LogP contribution in [-0.4, -0.2) is 23.1 Å². The highest BCUT2D eigenvalue weighted by molar-refractivity contribution is 9.10. The minimum Gasteiger partial charge on any atom is -0.490 e. The summed E-state index contributed by atoms with van der Waals surface area (Å²) in [6.07, 6.45) is -0.0979. The number of carboxylic acid groups (broad SMARTS) is 1. The summed E-state index contributed by atoms with van der Waals surface area (Å²) in [5.74, 6) is -1.03. The van der Waals surface area contributed by atoms with Gasteiger partial charge in [-0.05, 0) is 66.2 Å². The van der Waals surface area contributed by atoms with Crippen LogP contribution in [0.1, 0.15) is 34.6 Å². The maximum absolute atomic E-state index is 12.5. The molecule has 2 aromatic rings. The normalized spacial score (nSPS) is 10.5. The molecule has 2 rings (SSSR count). The first-order valence-electron chi connectivity index (χ1n) is 6.99. The maximum Gasteiger partial charge on any atom is 0.347 e. The monoisotopic (exact) mass is 456 g/mol. The van der Waals surface area contributed by atoms with E-state index in [0.29, 0.717) is 14.7 Å². The van der Waals surface area contributed by atoms with Crippen molar-refractivity contribution in [1.82, 2.24) is 0 Å². The Hall–Kier alpha value is -1.86. The van der Waals surface area contributed by atoms with Crippen molar-refractivity contribution in [2.24, 2.45) is 0 Å². The van der Waals surface area contributed by atoms with Crippen molar-refractivity contribution in [2.75, 3.05) is 0 Å². The molecule has 0 spiro atoms. The van der Waals surface area contributed by atoms with Crippen LogP contribution in [0.2, 0.25) is 0 Å². The summed E-state index contributed by atoms with van der Waals surface area (Å²) < 4.78 is 12.1. The molecule has 0 fully saturated rings. The molecule has 24 heavy (non-hydrogen) atoms. The second-order valence-electron chi connectivity index (χ2n) is 5.15. The molecule has 7 heteroatoms. The molecular weight excluding hydrogens is 444 g/mol. The van der Waals surface area contributed by atoms with E-state index in [2.05, 4.69) is 31.9 Å². The molecule has 0 saturated carbocycles. The van der Waals surface area contributed by atoms with Crippen molar-refractivity contribution in [3.8, 4) is 11.5 Å². The van der Waals surface area contributed by atoms with Gasteiger partial charge in [0, 0.05) is 4.47 Å². The van der Waals surface area contributed by atoms with E-state index in [1.165, 1.54) is 18.2 Å². The Kier molecular flexibility index (Phi) is 6.01. The number of carbonyl (C=O) groups is 2. The zero-order valence-corrected chi connectivity index (χ0v) is 16.0. The van der Waals surface area contributed by atoms with Crippen LogP contribution in [0.15, 0.2) is 45.3 Å². The highest BCUT2D eigenvalue weighted by Gasteiger charge is 2.18. The highest BCUT2D eigenvalue weighted by atomic mass is 79.9. The van der Waals surface area contributed by atoms with Crippen molar-refractivity contribution in [3.63, 3.8) is 0 Å². The molecule has 0 saturated heterocycles. The smallest absolute Gasteiger partial charge is 0.347 e. The Labute approximate surface area is 155 Å². The van der Waals surface area contributed by atoms with Gasteiger partial charge in [0.25, 0.3) is 0 Å². The number of ether oxygens (including phenoxy) is 2. The lowest BCUT2D eigenvalue weighted by atomic mass is 10.2. The second kappa shape index (κ2) is 7.81. The fraction of sp³-hybridized carbons (Fsp3) is 0.176. The first kappa shape index (κ1) is 18.5. The van der Waals surface area contributed by atoms with Crippen molar-refractivity contribution >= 4 is 43.8 Å². The van der Waals surface area contributed by atoms with Crippen LogP contribution < -0.4 is 9.47 Å². The van der Waals surface area contributed by atoms with Gasteiger partial charge < -0.3 is 14.6 Å². The molecule has 0 atom stereocenters. The predicted molar refractivity (Wildman–Crippen MR) is 96.0 cm³/mol. The molecule has 0 bridgehead atoms. The lowest BCUT2D eigenvalue weighted by Gasteiger charge is -2.14. The molecule has 2 aromatic carbocycles. The first-order valence-corrected chi connectivity index (χ1v) is 8.57. The number of benzene rings is 2. The zero-order chi connectivity index (χ0) is 17.9. The summed E-state index contributed by atoms with van der Waals surface area (Å²) in [6, 6.07) is 9.22. The van der Waals surface area contributed by atoms with Gasteiger partial charge in [0.2, 0.25) is 0 Å². The van der Waals surface area contributed by atoms with Gasteiger partial charge in [-0.2, -0.15) is 0 Å². The van der Waals surface area contributed by atoms with Gasteiger partial charge in [0.15, 0.2) is 0 Å². The quantitative estimate of drug-likeness (QED) is 0.509. The molecule has 126 valence electrons. The van der Waals surface area contributed by atoms with Crippen LogP contribution in [-0.2, 0) is 0 Å². The molecule has 0 unspecified atom stereocenters. The molecule has 0 aromatic heterocycles. The van der Waals surface area contributed by atoms with E-state index >= 15 is 0 Å². The van der Waals surface area contributed by atoms with Crippen LogP contribution >= 0.6 is 31.9 Å². The number of hydrogen-bond acceptors (Lipinski definition) is 4. The van der Waals surface area contributed by atoms with Crippen LogP contribution in [0, 0.1) is 0 Å². The van der Waals surface area contributed by atoms with Gasteiger partial charge in [-0.3, -0.25) is 0 Å². The summed E-state index contributed by atoms with van der Waals surface area (Å²) in [4.78, 5) is 23.4. The van der Waals surface area contributed by atoms with Crippen LogP contribution in [0.3, 0.4) is 0 Å². The number of rotatable bonds is 5. The van der Waals surface area contributed by atoms with E-state index < -0.39 is 11.9 Å². The molecule has 0 aliphatic heterocycles. The molecule has 1 N–H and O–H groups in total. The fourth-order valence-electron chi connectivity index (χ4n) is 1.89. The number of esters is 1. The molecular formula is C17H14Br2O5. The van der Waals surface area contributed by atoms with E-state index in [9.17, 15) is 9.59 Å². The number of hydrogen-bond donors (Lipinski definition) is 1. The van der Waals surface area contributed by atoms with Gasteiger partial charge in [-0.1, -0.05) is 15.9 Å². The van der Waals surface area contributed by atoms with E-state index in [0.717, 1.165) is 0 Å². The maximum atomic E-state index is 12.5. The molecule has 0 aliphatic carbocycles. The third-order valence-corrected chi connectivity index (χ3v) is 4.02. The van der Waals surface area contributed by atoms with Crippen LogP contribution in [0.25, 0.3) is 0 Å². The zero-order valence-electron chi connectivity index (χ0n) is 12.9. The van der Waals surface area contributed by atoms with Crippen molar-refractivity contribution in [3.05, 3.63) is 56.5 Å². The van der Waals surface area contributed by atoms with Gasteiger partial charge in [-0.25, -0.2) is 9.59 Å². The summed E-state index contributed by atoms with van der Waals surface area (Å²) >= 11 is 6.53. The third-order valence-electron chi connectivity index (χ3n) is 2.91. The number of carbonyl (C=O) groups excluding carboxylic acids is 1. The van der Waals surface area contributed by atoms with Gasteiger partial charge in [-0.15, -0.1) is 0 Å². The molecule has 0 amide bonds. The largest absolute Gasteiger partial charge is 0.490 e. The SMILES string of the molecule is CC(C)Oc1ccc(Br)cc1C(=O)Oc1ccc(C(=O)O)cc1Br. The van der Waals surface area contributed by atoms with E-state index in [4.69, 9.17) is 14.6 Å². The lowest BCUT2D eigenvalue weighted by Crippen LogP contribution is -2.14. The second-order valence-corrected chi connectivity index (χ2v) is 6.92. The Balaban J connectivity index is 2.30. The van der Waals surface area contributed by atoms with E-state index in [1.54, 1.807) is 18.2 Å².